The van der Waals surface area contributed by atoms with Crippen molar-refractivity contribution in [2.45, 2.75) is 32.2 Å². The zero-order chi connectivity index (χ0) is 14.4. The van der Waals surface area contributed by atoms with Crippen LogP contribution in [0.3, 0.4) is 0 Å². The summed E-state index contributed by atoms with van der Waals surface area (Å²) in [5.74, 6) is -0.323. The largest absolute Gasteiger partial charge is 0.472 e. The van der Waals surface area contributed by atoms with E-state index in [2.05, 4.69) is 5.32 Å². The van der Waals surface area contributed by atoms with Crippen LogP contribution in [0.5, 0.6) is 0 Å². The fourth-order valence-electron chi connectivity index (χ4n) is 2.11. The van der Waals surface area contributed by atoms with Crippen LogP contribution in [0.4, 0.5) is 4.39 Å². The molecule has 0 aliphatic carbocycles. The van der Waals surface area contributed by atoms with Crippen molar-refractivity contribution in [3.8, 4) is 0 Å². The molecule has 0 spiro atoms. The number of benzene rings is 1. The van der Waals surface area contributed by atoms with E-state index < -0.39 is 0 Å². The first-order valence-electron chi connectivity index (χ1n) is 6.69. The van der Waals surface area contributed by atoms with E-state index in [1.165, 1.54) is 6.07 Å². The third kappa shape index (κ3) is 4.23. The van der Waals surface area contributed by atoms with E-state index in [1.54, 1.807) is 30.7 Å². The number of rotatable bonds is 6. The minimum Gasteiger partial charge on any atom is -0.472 e. The molecule has 1 aromatic heterocycles. The second kappa shape index (κ2) is 6.89. The van der Waals surface area contributed by atoms with E-state index in [9.17, 15) is 9.18 Å². The quantitative estimate of drug-likeness (QED) is 0.880. The monoisotopic (exact) mass is 275 g/mol. The maximum Gasteiger partial charge on any atom is 0.220 e. The highest BCUT2D eigenvalue weighted by molar-refractivity contribution is 5.76. The molecule has 0 saturated carbocycles. The van der Waals surface area contributed by atoms with Crippen molar-refractivity contribution >= 4 is 5.91 Å². The summed E-state index contributed by atoms with van der Waals surface area (Å²) in [6.45, 7) is 1.94. The molecule has 1 heterocycles. The molecular weight excluding hydrogens is 257 g/mol. The summed E-state index contributed by atoms with van der Waals surface area (Å²) in [6, 6.07) is 8.44. The fourth-order valence-corrected chi connectivity index (χ4v) is 2.11. The van der Waals surface area contributed by atoms with Gasteiger partial charge in [0, 0.05) is 12.5 Å². The van der Waals surface area contributed by atoms with Crippen LogP contribution in [0.2, 0.25) is 0 Å². The second-order valence-corrected chi connectivity index (χ2v) is 4.90. The van der Waals surface area contributed by atoms with Crippen LogP contribution in [0.1, 0.15) is 24.5 Å². The molecule has 0 radical (unpaired) electrons. The van der Waals surface area contributed by atoms with Gasteiger partial charge in [-0.3, -0.25) is 4.79 Å². The summed E-state index contributed by atoms with van der Waals surface area (Å²) >= 11 is 0. The average molecular weight is 275 g/mol. The maximum atomic E-state index is 13.4. The predicted molar refractivity (Wildman–Crippen MR) is 74.7 cm³/mol. The van der Waals surface area contributed by atoms with Crippen LogP contribution in [0.25, 0.3) is 0 Å². The van der Waals surface area contributed by atoms with Crippen LogP contribution in [0.15, 0.2) is 47.3 Å². The molecule has 0 bridgehead atoms. The van der Waals surface area contributed by atoms with Crippen LogP contribution in [0, 0.1) is 5.82 Å². The van der Waals surface area contributed by atoms with Crippen molar-refractivity contribution in [3.05, 3.63) is 59.8 Å². The molecule has 1 N–H and O–H groups in total. The Morgan fingerprint density at radius 3 is 2.85 bits per heavy atom. The van der Waals surface area contributed by atoms with E-state index in [-0.39, 0.29) is 24.2 Å². The number of carbonyl (C=O) groups is 1. The Morgan fingerprint density at radius 1 is 1.35 bits per heavy atom. The highest BCUT2D eigenvalue weighted by Gasteiger charge is 2.10. The first kappa shape index (κ1) is 14.3. The van der Waals surface area contributed by atoms with Gasteiger partial charge in [0.15, 0.2) is 0 Å². The lowest BCUT2D eigenvalue weighted by molar-refractivity contribution is -0.121. The summed E-state index contributed by atoms with van der Waals surface area (Å²) in [5, 5.41) is 2.90. The number of carbonyl (C=O) groups excluding carboxylic acids is 1. The number of halogens is 1. The summed E-state index contributed by atoms with van der Waals surface area (Å²) in [7, 11) is 0. The summed E-state index contributed by atoms with van der Waals surface area (Å²) < 4.78 is 18.4. The van der Waals surface area contributed by atoms with Gasteiger partial charge >= 0.3 is 0 Å². The summed E-state index contributed by atoms with van der Waals surface area (Å²) in [5.41, 5.74) is 1.62. The first-order chi connectivity index (χ1) is 9.65. The van der Waals surface area contributed by atoms with Gasteiger partial charge in [0.05, 0.1) is 12.5 Å². The highest BCUT2D eigenvalue weighted by atomic mass is 19.1. The molecule has 0 aliphatic rings. The topological polar surface area (TPSA) is 42.2 Å². The van der Waals surface area contributed by atoms with Crippen molar-refractivity contribution in [1.82, 2.24) is 5.32 Å². The smallest absolute Gasteiger partial charge is 0.220 e. The van der Waals surface area contributed by atoms with Crippen molar-refractivity contribution in [1.29, 1.82) is 0 Å². The molecule has 1 amide bonds. The molecule has 106 valence electrons. The van der Waals surface area contributed by atoms with Crippen LogP contribution >= 0.6 is 0 Å². The molecule has 1 atom stereocenters. The maximum absolute atomic E-state index is 13.4. The van der Waals surface area contributed by atoms with Gasteiger partial charge in [-0.1, -0.05) is 18.2 Å². The molecule has 0 aliphatic heterocycles. The van der Waals surface area contributed by atoms with Gasteiger partial charge in [-0.05, 0) is 43.0 Å². The molecule has 0 saturated heterocycles. The van der Waals surface area contributed by atoms with Gasteiger partial charge < -0.3 is 9.73 Å². The zero-order valence-corrected chi connectivity index (χ0v) is 11.4. The van der Waals surface area contributed by atoms with E-state index in [1.807, 2.05) is 13.0 Å². The Hall–Kier alpha value is -2.10. The fraction of sp³-hybridized carbons (Fsp3) is 0.312. The Bertz CT molecular complexity index is 551. The Labute approximate surface area is 117 Å². The van der Waals surface area contributed by atoms with Gasteiger partial charge in [0.1, 0.15) is 5.82 Å². The normalized spacial score (nSPS) is 12.1. The molecule has 0 unspecified atom stereocenters. The molecule has 20 heavy (non-hydrogen) atoms. The van der Waals surface area contributed by atoms with Crippen LogP contribution in [-0.2, 0) is 17.6 Å². The molecule has 2 aromatic rings. The summed E-state index contributed by atoms with van der Waals surface area (Å²) in [4.78, 5) is 11.8. The number of amides is 1. The van der Waals surface area contributed by atoms with Crippen molar-refractivity contribution < 1.29 is 13.6 Å². The lowest BCUT2D eigenvalue weighted by Gasteiger charge is -2.13. The van der Waals surface area contributed by atoms with Gasteiger partial charge in [-0.15, -0.1) is 0 Å². The summed E-state index contributed by atoms with van der Waals surface area (Å²) in [6.07, 6.45) is 4.71. The van der Waals surface area contributed by atoms with Crippen molar-refractivity contribution in [2.75, 3.05) is 0 Å². The number of aryl methyl sites for hydroxylation is 1. The lowest BCUT2D eigenvalue weighted by Crippen LogP contribution is -2.34. The van der Waals surface area contributed by atoms with E-state index >= 15 is 0 Å². The molecule has 4 heteroatoms. The predicted octanol–water partition coefficient (Wildman–Crippen LogP) is 3.10. The minimum absolute atomic E-state index is 0.0284. The molecule has 0 fully saturated rings. The van der Waals surface area contributed by atoms with Gasteiger partial charge in [0.25, 0.3) is 0 Å². The van der Waals surface area contributed by atoms with Crippen molar-refractivity contribution in [3.63, 3.8) is 0 Å². The number of hydrogen-bond donors (Lipinski definition) is 1. The zero-order valence-electron chi connectivity index (χ0n) is 11.4. The van der Waals surface area contributed by atoms with E-state index in [0.29, 0.717) is 12.0 Å². The van der Waals surface area contributed by atoms with Gasteiger partial charge in [-0.2, -0.15) is 0 Å². The lowest BCUT2D eigenvalue weighted by atomic mass is 10.1. The number of furan rings is 1. The van der Waals surface area contributed by atoms with Crippen molar-refractivity contribution in [2.24, 2.45) is 0 Å². The average Bonchev–Trinajstić information content (AvgIpc) is 2.90. The number of hydrogen-bond acceptors (Lipinski definition) is 2. The highest BCUT2D eigenvalue weighted by Crippen LogP contribution is 2.09. The van der Waals surface area contributed by atoms with E-state index in [4.69, 9.17) is 4.42 Å². The second-order valence-electron chi connectivity index (χ2n) is 4.90. The Balaban J connectivity index is 1.76. The third-order valence-electron chi connectivity index (χ3n) is 3.11. The van der Waals surface area contributed by atoms with Crippen LogP contribution in [-0.4, -0.2) is 11.9 Å². The SMILES string of the molecule is C[C@H](Cc1ccoc1)NC(=O)CCc1ccccc1F. The molecule has 1 aromatic carbocycles. The minimum atomic E-state index is -0.258. The Morgan fingerprint density at radius 2 is 2.15 bits per heavy atom. The first-order valence-corrected chi connectivity index (χ1v) is 6.69. The van der Waals surface area contributed by atoms with Gasteiger partial charge in [-0.25, -0.2) is 4.39 Å². The molecular formula is C16H18FNO2. The molecule has 3 nitrogen and oxygen atoms in total. The van der Waals surface area contributed by atoms with E-state index in [0.717, 1.165) is 12.0 Å². The number of nitrogens with one attached hydrogen (secondary N) is 1. The standard InChI is InChI=1S/C16H18FNO2/c1-12(10-13-8-9-20-11-13)18-16(19)7-6-14-4-2-3-5-15(14)17/h2-5,8-9,11-12H,6-7,10H2,1H3,(H,18,19)/t12-/m1/s1. The Kier molecular flexibility index (Phi) is 4.93. The third-order valence-corrected chi connectivity index (χ3v) is 3.11. The molecule has 2 rings (SSSR count). The van der Waals surface area contributed by atoms with Crippen LogP contribution < -0.4 is 5.32 Å². The van der Waals surface area contributed by atoms with Gasteiger partial charge in [0.2, 0.25) is 5.91 Å².